The Labute approximate surface area is 257 Å². The van der Waals surface area contributed by atoms with Crippen molar-refractivity contribution in [2.24, 2.45) is 11.5 Å². The highest BCUT2D eigenvalue weighted by Crippen LogP contribution is 2.23. The van der Waals surface area contributed by atoms with Gasteiger partial charge in [0.1, 0.15) is 11.9 Å². The molecule has 11 nitrogen and oxygen atoms in total. The van der Waals surface area contributed by atoms with Crippen molar-refractivity contribution in [2.75, 3.05) is 36.5 Å². The van der Waals surface area contributed by atoms with E-state index in [0.717, 1.165) is 67.4 Å². The molecule has 1 saturated heterocycles. The molecule has 0 aliphatic carbocycles. The van der Waals surface area contributed by atoms with Gasteiger partial charge < -0.3 is 30.6 Å². The maximum Gasteiger partial charge on any atom is 0.324 e. The standard InChI is InChI=1S/C32H45FN8O3/c1-4-8-27-28(5-2)40(21-23-10-12-24(33)13-11-23)32(37-27)39-19-15-25(16-20-39)38(3)31-36-18-14-29(42)41(31)22-44-30(43)26(35)9-6-7-17-34/h5,8,10-14,18,25-26H,4,6-7,9,15-17,19-22,34-35H2,1-3H3/b27-8+,28-5+. The minimum Gasteiger partial charge on any atom is -0.443 e. The van der Waals surface area contributed by atoms with Crippen molar-refractivity contribution in [3.63, 3.8) is 0 Å². The van der Waals surface area contributed by atoms with E-state index in [0.29, 0.717) is 25.5 Å². The average molecular weight is 609 g/mol. The number of anilines is 2. The van der Waals surface area contributed by atoms with Crippen LogP contribution in [-0.4, -0.2) is 63.8 Å². The molecule has 238 valence electrons. The Kier molecular flexibility index (Phi) is 11.7. The number of hydrogen-bond donors (Lipinski definition) is 2. The summed E-state index contributed by atoms with van der Waals surface area (Å²) in [5.41, 5.74) is 12.2. The Hall–Kier alpha value is -4.03. The predicted octanol–water partition coefficient (Wildman–Crippen LogP) is 1.68. The van der Waals surface area contributed by atoms with Crippen LogP contribution in [-0.2, 0) is 22.8 Å². The molecule has 3 heterocycles. The molecule has 1 atom stereocenters. The predicted molar refractivity (Wildman–Crippen MR) is 171 cm³/mol. The lowest BCUT2D eigenvalue weighted by Gasteiger charge is -2.38. The zero-order chi connectivity index (χ0) is 31.6. The van der Waals surface area contributed by atoms with Gasteiger partial charge >= 0.3 is 5.97 Å². The van der Waals surface area contributed by atoms with Crippen molar-refractivity contribution < 1.29 is 13.9 Å². The van der Waals surface area contributed by atoms with Crippen molar-refractivity contribution in [1.29, 1.82) is 0 Å². The quantitative estimate of drug-likeness (QED) is 0.219. The molecule has 4 N–H and O–H groups in total. The Bertz CT molecular complexity index is 1560. The first kappa shape index (κ1) is 32.9. The molecule has 0 radical (unpaired) electrons. The van der Waals surface area contributed by atoms with Crippen molar-refractivity contribution in [2.45, 2.75) is 77.7 Å². The molecule has 44 heavy (non-hydrogen) atoms. The van der Waals surface area contributed by atoms with Crippen LogP contribution < -0.4 is 37.5 Å². The number of aromatic nitrogens is 4. The van der Waals surface area contributed by atoms with Crippen LogP contribution in [0.2, 0.25) is 0 Å². The number of carbonyl (C=O) groups is 1. The van der Waals surface area contributed by atoms with Gasteiger partial charge in [0, 0.05) is 38.4 Å². The Balaban J connectivity index is 1.48. The molecule has 1 unspecified atom stereocenters. The first-order valence-corrected chi connectivity index (χ1v) is 15.4. The zero-order valence-electron chi connectivity index (χ0n) is 26.0. The third kappa shape index (κ3) is 7.92. The van der Waals surface area contributed by atoms with Gasteiger partial charge in [0.25, 0.3) is 5.56 Å². The number of halogens is 1. The SMILES string of the molecule is C/C=c1\c(=C/CC)nc(N2CCC(N(C)c3nccc(=O)n3COC(=O)C(N)CCCCN)CC2)n1Cc1ccc(F)cc1. The molecule has 1 aliphatic rings. The lowest BCUT2D eigenvalue weighted by Crippen LogP contribution is -2.46. The van der Waals surface area contributed by atoms with Crippen LogP contribution in [0, 0.1) is 5.82 Å². The molecule has 4 rings (SSSR count). The van der Waals surface area contributed by atoms with Crippen LogP contribution in [0.3, 0.4) is 0 Å². The van der Waals surface area contributed by atoms with E-state index in [9.17, 15) is 14.0 Å². The summed E-state index contributed by atoms with van der Waals surface area (Å²) >= 11 is 0. The maximum absolute atomic E-state index is 13.6. The summed E-state index contributed by atoms with van der Waals surface area (Å²) in [5.74, 6) is 0.499. The minimum atomic E-state index is -0.767. The normalized spacial score (nSPS) is 15.5. The van der Waals surface area contributed by atoms with Gasteiger partial charge in [-0.1, -0.05) is 37.6 Å². The topological polar surface area (TPSA) is 138 Å². The highest BCUT2D eigenvalue weighted by atomic mass is 19.1. The molecule has 0 bridgehead atoms. The van der Waals surface area contributed by atoms with Gasteiger partial charge in [0.15, 0.2) is 6.73 Å². The van der Waals surface area contributed by atoms with Gasteiger partial charge in [0.2, 0.25) is 11.9 Å². The first-order chi connectivity index (χ1) is 21.3. The number of esters is 1. The number of carbonyl (C=O) groups excluding carboxylic acids is 1. The van der Waals surface area contributed by atoms with Gasteiger partial charge in [-0.05, 0) is 63.3 Å². The van der Waals surface area contributed by atoms with E-state index in [4.69, 9.17) is 21.2 Å². The second-order valence-corrected chi connectivity index (χ2v) is 11.1. The fourth-order valence-electron chi connectivity index (χ4n) is 5.60. The number of nitrogens with two attached hydrogens (primary N) is 2. The molecule has 3 aromatic rings. The van der Waals surface area contributed by atoms with E-state index >= 15 is 0 Å². The fourth-order valence-corrected chi connectivity index (χ4v) is 5.60. The molecule has 1 aromatic carbocycles. The smallest absolute Gasteiger partial charge is 0.324 e. The highest BCUT2D eigenvalue weighted by Gasteiger charge is 2.28. The fraction of sp³-hybridized carbons (Fsp3) is 0.500. The van der Waals surface area contributed by atoms with Gasteiger partial charge in [0.05, 0.1) is 17.2 Å². The molecular weight excluding hydrogens is 563 g/mol. The van der Waals surface area contributed by atoms with E-state index in [-0.39, 0.29) is 24.1 Å². The molecular formula is C32H45FN8O3. The molecule has 0 spiro atoms. The third-order valence-corrected chi connectivity index (χ3v) is 8.07. The zero-order valence-corrected chi connectivity index (χ0v) is 26.0. The van der Waals surface area contributed by atoms with E-state index in [1.54, 1.807) is 0 Å². The van der Waals surface area contributed by atoms with E-state index < -0.39 is 12.0 Å². The van der Waals surface area contributed by atoms with Crippen molar-refractivity contribution in [3.8, 4) is 0 Å². The van der Waals surface area contributed by atoms with Gasteiger partial charge in [-0.2, -0.15) is 0 Å². The van der Waals surface area contributed by atoms with Gasteiger partial charge in [-0.15, -0.1) is 0 Å². The number of piperidine rings is 1. The second-order valence-electron chi connectivity index (χ2n) is 11.1. The largest absolute Gasteiger partial charge is 0.443 e. The van der Waals surface area contributed by atoms with E-state index in [1.807, 2.05) is 31.0 Å². The van der Waals surface area contributed by atoms with E-state index in [1.165, 1.54) is 29.0 Å². The second kappa shape index (κ2) is 15.6. The number of ether oxygens (including phenoxy) is 1. The van der Waals surface area contributed by atoms with Crippen LogP contribution in [0.25, 0.3) is 12.2 Å². The number of rotatable bonds is 13. The number of unbranched alkanes of at least 4 members (excludes halogenated alkanes) is 1. The van der Waals surface area contributed by atoms with Gasteiger partial charge in [-0.3, -0.25) is 9.59 Å². The Morgan fingerprint density at radius 3 is 2.57 bits per heavy atom. The summed E-state index contributed by atoms with van der Waals surface area (Å²) < 4.78 is 22.6. The van der Waals surface area contributed by atoms with Crippen LogP contribution in [0.4, 0.5) is 16.3 Å². The van der Waals surface area contributed by atoms with Crippen LogP contribution in [0.1, 0.15) is 57.9 Å². The molecule has 1 fully saturated rings. The van der Waals surface area contributed by atoms with Crippen LogP contribution in [0.5, 0.6) is 0 Å². The lowest BCUT2D eigenvalue weighted by molar-refractivity contribution is -0.149. The lowest BCUT2D eigenvalue weighted by atomic mass is 10.0. The van der Waals surface area contributed by atoms with Gasteiger partial charge in [-0.25, -0.2) is 18.9 Å². The summed E-state index contributed by atoms with van der Waals surface area (Å²) in [6.45, 7) is 6.45. The summed E-state index contributed by atoms with van der Waals surface area (Å²) in [7, 11) is 1.91. The number of benzene rings is 1. The first-order valence-electron chi connectivity index (χ1n) is 15.4. The summed E-state index contributed by atoms with van der Waals surface area (Å²) in [6, 6.07) is 7.26. The number of nitrogens with zero attached hydrogens (tertiary/aromatic N) is 6. The number of imidazole rings is 1. The van der Waals surface area contributed by atoms with Crippen molar-refractivity contribution in [1.82, 2.24) is 19.1 Å². The summed E-state index contributed by atoms with van der Waals surface area (Å²) in [5, 5.41) is 1.98. The summed E-state index contributed by atoms with van der Waals surface area (Å²) in [6.07, 6.45) is 10.1. The van der Waals surface area contributed by atoms with Crippen molar-refractivity contribution >= 4 is 30.0 Å². The highest BCUT2D eigenvalue weighted by molar-refractivity contribution is 5.75. The molecule has 12 heteroatoms. The Morgan fingerprint density at radius 2 is 1.91 bits per heavy atom. The molecule has 2 aromatic heterocycles. The summed E-state index contributed by atoms with van der Waals surface area (Å²) in [4.78, 5) is 39.0. The molecule has 1 aliphatic heterocycles. The third-order valence-electron chi connectivity index (χ3n) is 8.07. The maximum atomic E-state index is 13.6. The number of hydrogen-bond acceptors (Lipinski definition) is 9. The Morgan fingerprint density at radius 1 is 1.18 bits per heavy atom. The minimum absolute atomic E-state index is 0.0976. The average Bonchev–Trinajstić information content (AvgIpc) is 3.37. The van der Waals surface area contributed by atoms with Crippen LogP contribution in [0.15, 0.2) is 41.3 Å². The molecule has 0 amide bonds. The molecule has 0 saturated carbocycles. The monoisotopic (exact) mass is 608 g/mol. The van der Waals surface area contributed by atoms with E-state index in [2.05, 4.69) is 33.5 Å². The van der Waals surface area contributed by atoms with Crippen molar-refractivity contribution in [3.05, 3.63) is 69.0 Å². The van der Waals surface area contributed by atoms with Crippen LogP contribution >= 0.6 is 0 Å².